The molecule has 1 fully saturated rings. The van der Waals surface area contributed by atoms with Crippen molar-refractivity contribution in [3.8, 4) is 0 Å². The van der Waals surface area contributed by atoms with E-state index in [9.17, 15) is 4.79 Å². The molecule has 4 rings (SSSR count). The molecular formula is C22H24N2O2. The number of para-hydroxylation sites is 1. The van der Waals surface area contributed by atoms with Gasteiger partial charge in [0.1, 0.15) is 0 Å². The van der Waals surface area contributed by atoms with Crippen LogP contribution < -0.4 is 10.4 Å². The van der Waals surface area contributed by atoms with Crippen LogP contribution in [-0.4, -0.2) is 12.5 Å². The third-order valence-electron chi connectivity index (χ3n) is 5.06. The topological polar surface area (TPSA) is 41.6 Å². The Labute approximate surface area is 154 Å². The van der Waals surface area contributed by atoms with Gasteiger partial charge >= 0.3 is 5.91 Å². The molecule has 2 aliphatic rings. The van der Waals surface area contributed by atoms with Crippen LogP contribution in [0.4, 0.5) is 11.4 Å². The van der Waals surface area contributed by atoms with E-state index in [-0.39, 0.29) is 11.3 Å². The fraction of sp³-hybridized carbons (Fsp3) is 0.318. The molecular weight excluding hydrogens is 324 g/mol. The second-order valence-corrected chi connectivity index (χ2v) is 7.95. The first-order valence-corrected chi connectivity index (χ1v) is 9.12. The first-order valence-electron chi connectivity index (χ1n) is 9.12. The van der Waals surface area contributed by atoms with Gasteiger partial charge in [0.15, 0.2) is 0 Å². The average molecular weight is 348 g/mol. The largest absolute Gasteiger partial charge is 0.373 e. The van der Waals surface area contributed by atoms with Crippen molar-refractivity contribution in [3.05, 3.63) is 64.9 Å². The van der Waals surface area contributed by atoms with E-state index >= 15 is 0 Å². The van der Waals surface area contributed by atoms with Crippen molar-refractivity contribution >= 4 is 23.4 Å². The number of carbonyl (C=O) groups excluding carboxylic acids is 1. The second kappa shape index (κ2) is 6.20. The zero-order valence-electron chi connectivity index (χ0n) is 15.5. The van der Waals surface area contributed by atoms with Crippen molar-refractivity contribution < 1.29 is 9.63 Å². The summed E-state index contributed by atoms with van der Waals surface area (Å²) in [6.07, 6.45) is 4.05. The monoisotopic (exact) mass is 348 g/mol. The minimum absolute atomic E-state index is 0.0556. The molecule has 0 aromatic heterocycles. The molecule has 2 heterocycles. The van der Waals surface area contributed by atoms with Crippen LogP contribution in [0.3, 0.4) is 0 Å². The molecule has 1 N–H and O–H groups in total. The molecule has 1 amide bonds. The maximum atomic E-state index is 11.6. The number of nitrogens with zero attached hydrogens (tertiary/aromatic N) is 1. The van der Waals surface area contributed by atoms with E-state index in [1.165, 1.54) is 16.8 Å². The summed E-state index contributed by atoms with van der Waals surface area (Å²) in [4.78, 5) is 19.1. The van der Waals surface area contributed by atoms with E-state index < -0.39 is 0 Å². The van der Waals surface area contributed by atoms with E-state index in [0.29, 0.717) is 5.76 Å². The van der Waals surface area contributed by atoms with Crippen LogP contribution in [0.25, 0.3) is 6.08 Å². The van der Waals surface area contributed by atoms with Gasteiger partial charge in [0.2, 0.25) is 5.76 Å². The van der Waals surface area contributed by atoms with E-state index in [1.54, 1.807) is 0 Å². The van der Waals surface area contributed by atoms with Crippen molar-refractivity contribution in [2.24, 2.45) is 0 Å². The molecule has 0 spiro atoms. The Morgan fingerprint density at radius 3 is 2.62 bits per heavy atom. The van der Waals surface area contributed by atoms with Crippen LogP contribution in [0.1, 0.15) is 43.9 Å². The van der Waals surface area contributed by atoms with Crippen molar-refractivity contribution in [1.29, 1.82) is 0 Å². The summed E-state index contributed by atoms with van der Waals surface area (Å²) in [6.45, 7) is 7.62. The SMILES string of the molecule is CC(C)(C)c1ccc(C=C2ONC2=O)c(N2CCCc3ccccc32)c1. The number of fused-ring (bicyclic) bond motifs is 1. The molecule has 26 heavy (non-hydrogen) atoms. The maximum absolute atomic E-state index is 11.6. The zero-order valence-corrected chi connectivity index (χ0v) is 15.5. The van der Waals surface area contributed by atoms with Gasteiger partial charge in [-0.25, -0.2) is 0 Å². The third-order valence-corrected chi connectivity index (χ3v) is 5.06. The number of hydroxylamine groups is 1. The molecule has 0 radical (unpaired) electrons. The Bertz CT molecular complexity index is 893. The molecule has 2 aliphatic heterocycles. The van der Waals surface area contributed by atoms with Gasteiger partial charge < -0.3 is 9.74 Å². The summed E-state index contributed by atoms with van der Waals surface area (Å²) >= 11 is 0. The van der Waals surface area contributed by atoms with Gasteiger partial charge in [-0.2, -0.15) is 5.48 Å². The summed E-state index contributed by atoms with van der Waals surface area (Å²) in [5.74, 6) is 0.190. The van der Waals surface area contributed by atoms with Gasteiger partial charge in [0, 0.05) is 23.5 Å². The van der Waals surface area contributed by atoms with Crippen molar-refractivity contribution in [1.82, 2.24) is 5.48 Å². The number of hydrogen-bond acceptors (Lipinski definition) is 3. The number of benzene rings is 2. The van der Waals surface area contributed by atoms with Gasteiger partial charge in [-0.3, -0.25) is 4.79 Å². The predicted octanol–water partition coefficient (Wildman–Crippen LogP) is 4.47. The van der Waals surface area contributed by atoms with E-state index in [1.807, 2.05) is 6.08 Å². The molecule has 0 bridgehead atoms. The van der Waals surface area contributed by atoms with Gasteiger partial charge in [0.05, 0.1) is 0 Å². The summed E-state index contributed by atoms with van der Waals surface area (Å²) in [5.41, 5.74) is 8.39. The number of nitrogens with one attached hydrogen (secondary N) is 1. The average Bonchev–Trinajstić information content (AvgIpc) is 2.63. The Morgan fingerprint density at radius 1 is 1.12 bits per heavy atom. The number of carbonyl (C=O) groups is 1. The van der Waals surface area contributed by atoms with Crippen LogP contribution in [0.5, 0.6) is 0 Å². The van der Waals surface area contributed by atoms with Crippen LogP contribution in [0.2, 0.25) is 0 Å². The summed E-state index contributed by atoms with van der Waals surface area (Å²) in [6, 6.07) is 15.1. The van der Waals surface area contributed by atoms with Gasteiger partial charge in [0.25, 0.3) is 0 Å². The Morgan fingerprint density at radius 2 is 1.92 bits per heavy atom. The van der Waals surface area contributed by atoms with Gasteiger partial charge in [-0.15, -0.1) is 0 Å². The van der Waals surface area contributed by atoms with Crippen LogP contribution in [0.15, 0.2) is 48.2 Å². The van der Waals surface area contributed by atoms with Crippen molar-refractivity contribution in [3.63, 3.8) is 0 Å². The van der Waals surface area contributed by atoms with Gasteiger partial charge in [-0.05, 0) is 47.6 Å². The molecule has 0 aliphatic carbocycles. The van der Waals surface area contributed by atoms with Crippen molar-refractivity contribution in [2.45, 2.75) is 39.0 Å². The minimum Gasteiger partial charge on any atom is -0.373 e. The summed E-state index contributed by atoms with van der Waals surface area (Å²) < 4.78 is 0. The molecule has 134 valence electrons. The molecule has 4 nitrogen and oxygen atoms in total. The number of amides is 1. The molecule has 2 aromatic carbocycles. The third kappa shape index (κ3) is 2.96. The zero-order chi connectivity index (χ0) is 18.3. The van der Waals surface area contributed by atoms with Crippen LogP contribution in [0, 0.1) is 0 Å². The molecule has 4 heteroatoms. The first-order chi connectivity index (χ1) is 12.4. The lowest BCUT2D eigenvalue weighted by molar-refractivity contribution is -0.145. The highest BCUT2D eigenvalue weighted by Gasteiger charge is 2.26. The quantitative estimate of drug-likeness (QED) is 0.814. The summed E-state index contributed by atoms with van der Waals surface area (Å²) in [7, 11) is 0. The minimum atomic E-state index is -0.171. The molecule has 0 unspecified atom stereocenters. The normalized spacial score (nSPS) is 18.0. The van der Waals surface area contributed by atoms with E-state index in [0.717, 1.165) is 30.6 Å². The molecule has 0 saturated carbocycles. The molecule has 0 atom stereocenters. The first kappa shape index (κ1) is 16.7. The Kier molecular flexibility index (Phi) is 3.98. The van der Waals surface area contributed by atoms with E-state index in [2.05, 4.69) is 73.6 Å². The van der Waals surface area contributed by atoms with E-state index in [4.69, 9.17) is 4.84 Å². The lowest BCUT2D eigenvalue weighted by atomic mass is 9.85. The lowest BCUT2D eigenvalue weighted by Gasteiger charge is -2.34. The molecule has 1 saturated heterocycles. The van der Waals surface area contributed by atoms with Crippen molar-refractivity contribution in [2.75, 3.05) is 11.4 Å². The van der Waals surface area contributed by atoms with Gasteiger partial charge in [-0.1, -0.05) is 51.1 Å². The molecule has 2 aromatic rings. The highest BCUT2D eigenvalue weighted by Crippen LogP contribution is 2.38. The number of hydrogen-bond donors (Lipinski definition) is 1. The standard InChI is InChI=1S/C22H24N2O2/c1-22(2,3)17-11-10-16(13-20-21(25)23-26-20)19(14-17)24-12-6-8-15-7-4-5-9-18(15)24/h4-5,7,9-11,13-14H,6,8,12H2,1-3H3,(H,23,25). The second-order valence-electron chi connectivity index (χ2n) is 7.95. The predicted molar refractivity (Wildman–Crippen MR) is 104 cm³/mol. The fourth-order valence-electron chi connectivity index (χ4n) is 3.54. The highest BCUT2D eigenvalue weighted by atomic mass is 16.7. The smallest absolute Gasteiger partial charge is 0.322 e. The number of anilines is 2. The fourth-order valence-corrected chi connectivity index (χ4v) is 3.54. The van der Waals surface area contributed by atoms with Crippen LogP contribution in [-0.2, 0) is 21.5 Å². The number of rotatable bonds is 2. The lowest BCUT2D eigenvalue weighted by Crippen LogP contribution is -2.38. The maximum Gasteiger partial charge on any atom is 0.322 e. The van der Waals surface area contributed by atoms with Crippen LogP contribution >= 0.6 is 0 Å². The Hall–Kier alpha value is -2.75. The highest BCUT2D eigenvalue weighted by molar-refractivity contribution is 6.00. The summed E-state index contributed by atoms with van der Waals surface area (Å²) in [5, 5.41) is 0. The number of aryl methyl sites for hydroxylation is 1. The Balaban J connectivity index is 1.85.